The molecule has 0 bridgehead atoms. The Hall–Kier alpha value is -0.250. The molecule has 1 atom stereocenters. The van der Waals surface area contributed by atoms with Crippen molar-refractivity contribution >= 4 is 40.4 Å². The monoisotopic (exact) mass is 265 g/mol. The molecular weight excluding hydrogens is 253 g/mol. The highest BCUT2D eigenvalue weighted by Crippen LogP contribution is 2.22. The Morgan fingerprint density at radius 2 is 2.27 bits per heavy atom. The molecule has 0 aromatic carbocycles. The van der Waals surface area contributed by atoms with Gasteiger partial charge in [-0.1, -0.05) is 18.5 Å². The minimum atomic E-state index is -0.132. The summed E-state index contributed by atoms with van der Waals surface area (Å²) in [5.41, 5.74) is 0. The van der Waals surface area contributed by atoms with Gasteiger partial charge in [0.1, 0.15) is 0 Å². The molecule has 1 aromatic heterocycles. The summed E-state index contributed by atoms with van der Waals surface area (Å²) in [5, 5.41) is 0. The number of amides is 1. The van der Waals surface area contributed by atoms with Crippen molar-refractivity contribution in [2.24, 2.45) is 5.92 Å². The molecule has 1 heterocycles. The van der Waals surface area contributed by atoms with Gasteiger partial charge in [0.05, 0.1) is 10.9 Å². The van der Waals surface area contributed by atoms with Gasteiger partial charge in [0.15, 0.2) is 0 Å². The van der Waals surface area contributed by atoms with Gasteiger partial charge in [0.25, 0.3) is 0 Å². The van der Waals surface area contributed by atoms with Crippen LogP contribution in [0.4, 0.5) is 0 Å². The summed E-state index contributed by atoms with van der Waals surface area (Å²) in [4.78, 5) is 14.5. The molecule has 0 aliphatic rings. The molecular formula is C10H13Cl2NOS. The number of carbonyl (C=O) groups excluding carboxylic acids is 1. The quantitative estimate of drug-likeness (QED) is 0.766. The van der Waals surface area contributed by atoms with Gasteiger partial charge in [0.2, 0.25) is 5.91 Å². The van der Waals surface area contributed by atoms with Crippen LogP contribution in [-0.2, 0) is 11.3 Å². The summed E-state index contributed by atoms with van der Waals surface area (Å²) in [5.74, 6) is 0.288. The molecule has 0 saturated heterocycles. The van der Waals surface area contributed by atoms with Crippen molar-refractivity contribution in [1.29, 1.82) is 0 Å². The average Bonchev–Trinajstić information content (AvgIpc) is 2.61. The maximum Gasteiger partial charge on any atom is 0.226 e. The molecule has 0 aliphatic heterocycles. The standard InChI is InChI=1S/C10H13Cl2NOS/c1-7(5-11)10(14)13(2)6-8-3-4-9(12)15-8/h3-4,7H,5-6H2,1-2H3. The van der Waals surface area contributed by atoms with E-state index in [1.165, 1.54) is 11.3 Å². The van der Waals surface area contributed by atoms with E-state index in [2.05, 4.69) is 0 Å². The maximum atomic E-state index is 11.7. The van der Waals surface area contributed by atoms with Crippen molar-refractivity contribution in [3.63, 3.8) is 0 Å². The zero-order chi connectivity index (χ0) is 11.4. The lowest BCUT2D eigenvalue weighted by molar-refractivity contribution is -0.133. The van der Waals surface area contributed by atoms with Crippen LogP contribution in [0.1, 0.15) is 11.8 Å². The molecule has 1 rings (SSSR count). The number of halogens is 2. The maximum absolute atomic E-state index is 11.7. The van der Waals surface area contributed by atoms with Crippen LogP contribution in [0.25, 0.3) is 0 Å². The highest BCUT2D eigenvalue weighted by molar-refractivity contribution is 7.16. The number of rotatable bonds is 4. The first kappa shape index (κ1) is 12.8. The third-order valence-electron chi connectivity index (χ3n) is 2.05. The van der Waals surface area contributed by atoms with Crippen molar-refractivity contribution in [3.8, 4) is 0 Å². The highest BCUT2D eigenvalue weighted by Gasteiger charge is 2.16. The highest BCUT2D eigenvalue weighted by atomic mass is 35.5. The third kappa shape index (κ3) is 3.67. The Bertz CT molecular complexity index is 340. The molecule has 1 amide bonds. The van der Waals surface area contributed by atoms with Gasteiger partial charge in [-0.3, -0.25) is 4.79 Å². The average molecular weight is 266 g/mol. The van der Waals surface area contributed by atoms with Gasteiger partial charge in [0, 0.05) is 23.7 Å². The number of carbonyl (C=O) groups is 1. The van der Waals surface area contributed by atoms with E-state index in [0.717, 1.165) is 9.21 Å². The van der Waals surface area contributed by atoms with Crippen molar-refractivity contribution in [2.75, 3.05) is 12.9 Å². The Balaban J connectivity index is 2.55. The van der Waals surface area contributed by atoms with E-state index in [1.54, 1.807) is 11.9 Å². The number of alkyl halides is 1. The Morgan fingerprint density at radius 3 is 2.73 bits per heavy atom. The summed E-state index contributed by atoms with van der Waals surface area (Å²) in [6.45, 7) is 2.42. The lowest BCUT2D eigenvalue weighted by atomic mass is 10.2. The Morgan fingerprint density at radius 1 is 1.60 bits per heavy atom. The van der Waals surface area contributed by atoms with E-state index in [-0.39, 0.29) is 11.8 Å². The third-order valence-corrected chi connectivity index (χ3v) is 3.73. The van der Waals surface area contributed by atoms with Crippen LogP contribution in [0, 0.1) is 5.92 Å². The molecule has 84 valence electrons. The molecule has 0 fully saturated rings. The van der Waals surface area contributed by atoms with E-state index < -0.39 is 0 Å². The molecule has 0 N–H and O–H groups in total. The van der Waals surface area contributed by atoms with Crippen molar-refractivity contribution < 1.29 is 4.79 Å². The van der Waals surface area contributed by atoms with Gasteiger partial charge < -0.3 is 4.90 Å². The van der Waals surface area contributed by atoms with E-state index in [1.807, 2.05) is 19.1 Å². The van der Waals surface area contributed by atoms with E-state index >= 15 is 0 Å². The fourth-order valence-electron chi connectivity index (χ4n) is 1.19. The lowest BCUT2D eigenvalue weighted by Gasteiger charge is -2.19. The molecule has 0 aliphatic carbocycles. The summed E-state index contributed by atoms with van der Waals surface area (Å²) >= 11 is 12.9. The van der Waals surface area contributed by atoms with Crippen LogP contribution in [0.15, 0.2) is 12.1 Å². The lowest BCUT2D eigenvalue weighted by Crippen LogP contribution is -2.31. The van der Waals surface area contributed by atoms with E-state index in [9.17, 15) is 4.79 Å². The molecule has 0 spiro atoms. The number of nitrogens with zero attached hydrogens (tertiary/aromatic N) is 1. The van der Waals surface area contributed by atoms with Gasteiger partial charge in [-0.05, 0) is 12.1 Å². The molecule has 1 unspecified atom stereocenters. The second-order valence-corrected chi connectivity index (χ2v) is 5.56. The topological polar surface area (TPSA) is 20.3 Å². The molecule has 0 saturated carbocycles. The van der Waals surface area contributed by atoms with Gasteiger partial charge in [-0.15, -0.1) is 22.9 Å². The van der Waals surface area contributed by atoms with Gasteiger partial charge in [-0.2, -0.15) is 0 Å². The summed E-state index contributed by atoms with van der Waals surface area (Å²) < 4.78 is 0.747. The largest absolute Gasteiger partial charge is 0.340 e. The smallest absolute Gasteiger partial charge is 0.226 e. The minimum Gasteiger partial charge on any atom is -0.340 e. The fraction of sp³-hybridized carbons (Fsp3) is 0.500. The first-order valence-corrected chi connectivity index (χ1v) is 6.32. The Labute approximate surface area is 104 Å². The van der Waals surface area contributed by atoms with Gasteiger partial charge in [-0.25, -0.2) is 0 Å². The van der Waals surface area contributed by atoms with Crippen LogP contribution >= 0.6 is 34.5 Å². The molecule has 0 radical (unpaired) electrons. The zero-order valence-corrected chi connectivity index (χ0v) is 11.0. The molecule has 1 aromatic rings. The second kappa shape index (κ2) is 5.73. The van der Waals surface area contributed by atoms with Crippen LogP contribution in [0.2, 0.25) is 4.34 Å². The fourth-order valence-corrected chi connectivity index (χ4v) is 2.46. The van der Waals surface area contributed by atoms with E-state index in [4.69, 9.17) is 23.2 Å². The molecule has 5 heteroatoms. The van der Waals surface area contributed by atoms with Crippen LogP contribution in [0.5, 0.6) is 0 Å². The van der Waals surface area contributed by atoms with Crippen LogP contribution in [0.3, 0.4) is 0 Å². The predicted octanol–water partition coefficient (Wildman–Crippen LogP) is 3.23. The molecule has 2 nitrogen and oxygen atoms in total. The number of hydrogen-bond acceptors (Lipinski definition) is 2. The minimum absolute atomic E-state index is 0.0644. The van der Waals surface area contributed by atoms with E-state index in [0.29, 0.717) is 12.4 Å². The first-order valence-electron chi connectivity index (χ1n) is 4.59. The van der Waals surface area contributed by atoms with Crippen molar-refractivity contribution in [1.82, 2.24) is 4.90 Å². The second-order valence-electron chi connectivity index (χ2n) is 3.46. The number of hydrogen-bond donors (Lipinski definition) is 0. The summed E-state index contributed by atoms with van der Waals surface area (Å²) in [6, 6.07) is 3.77. The summed E-state index contributed by atoms with van der Waals surface area (Å²) in [7, 11) is 1.78. The van der Waals surface area contributed by atoms with Gasteiger partial charge >= 0.3 is 0 Å². The van der Waals surface area contributed by atoms with Crippen molar-refractivity contribution in [2.45, 2.75) is 13.5 Å². The first-order chi connectivity index (χ1) is 7.04. The normalized spacial score (nSPS) is 12.5. The number of thiophene rings is 1. The Kier molecular flexibility index (Phi) is 4.90. The predicted molar refractivity (Wildman–Crippen MR) is 65.7 cm³/mol. The SMILES string of the molecule is CC(CCl)C(=O)N(C)Cc1ccc(Cl)s1. The van der Waals surface area contributed by atoms with Crippen molar-refractivity contribution in [3.05, 3.63) is 21.3 Å². The zero-order valence-electron chi connectivity index (χ0n) is 8.67. The van der Waals surface area contributed by atoms with Crippen LogP contribution in [-0.4, -0.2) is 23.7 Å². The van der Waals surface area contributed by atoms with Crippen LogP contribution < -0.4 is 0 Å². The molecule has 15 heavy (non-hydrogen) atoms. The summed E-state index contributed by atoms with van der Waals surface area (Å²) in [6.07, 6.45) is 0.